The maximum atomic E-state index is 3.61. The summed E-state index contributed by atoms with van der Waals surface area (Å²) in [5.41, 5.74) is 3.80. The largest absolute Gasteiger partial charge is 0.357 e. The molecule has 2 rings (SSSR count). The molecule has 0 aliphatic carbocycles. The fourth-order valence-electron chi connectivity index (χ4n) is 1.57. The van der Waals surface area contributed by atoms with E-state index in [1.807, 2.05) is 0 Å². The number of aromatic nitrogens is 1. The van der Waals surface area contributed by atoms with E-state index in [-0.39, 0.29) is 0 Å². The molecule has 0 fully saturated rings. The van der Waals surface area contributed by atoms with Crippen LogP contribution in [-0.2, 0) is 6.42 Å². The average molecular weight is 238 g/mol. The zero-order valence-electron chi connectivity index (χ0n) is 7.82. The van der Waals surface area contributed by atoms with Crippen molar-refractivity contribution in [1.82, 2.24) is 4.98 Å². The second-order valence-electron chi connectivity index (χ2n) is 3.32. The molecule has 1 aromatic carbocycles. The number of aryl methyl sites for hydroxylation is 2. The maximum absolute atomic E-state index is 3.61. The maximum Gasteiger partial charge on any atom is 0.0468 e. The van der Waals surface area contributed by atoms with Crippen LogP contribution in [0.4, 0.5) is 0 Å². The van der Waals surface area contributed by atoms with E-state index in [1.54, 1.807) is 0 Å². The van der Waals surface area contributed by atoms with Crippen LogP contribution in [0.1, 0.15) is 18.2 Å². The summed E-state index contributed by atoms with van der Waals surface area (Å²) in [6.45, 7) is 4.27. The highest BCUT2D eigenvalue weighted by atomic mass is 79.9. The summed E-state index contributed by atoms with van der Waals surface area (Å²) in [6, 6.07) is 6.47. The second kappa shape index (κ2) is 3.18. The third kappa shape index (κ3) is 1.39. The van der Waals surface area contributed by atoms with Crippen LogP contribution in [-0.4, -0.2) is 4.98 Å². The Kier molecular flexibility index (Phi) is 2.16. The van der Waals surface area contributed by atoms with Crippen molar-refractivity contribution in [2.75, 3.05) is 0 Å². The van der Waals surface area contributed by atoms with E-state index in [4.69, 9.17) is 0 Å². The monoisotopic (exact) mass is 237 g/mol. The van der Waals surface area contributed by atoms with E-state index in [0.717, 1.165) is 6.42 Å². The van der Waals surface area contributed by atoms with Crippen LogP contribution >= 0.6 is 15.9 Å². The van der Waals surface area contributed by atoms with Gasteiger partial charge in [-0.05, 0) is 41.4 Å². The molecule has 13 heavy (non-hydrogen) atoms. The van der Waals surface area contributed by atoms with Gasteiger partial charge in [0.2, 0.25) is 0 Å². The predicted molar refractivity (Wildman–Crippen MR) is 60.1 cm³/mol. The SMILES string of the molecule is CCc1[nH]c2ccc(C)cc2c1Br. The minimum atomic E-state index is 1.04. The first-order valence-electron chi connectivity index (χ1n) is 4.49. The van der Waals surface area contributed by atoms with Crippen LogP contribution in [0.3, 0.4) is 0 Å². The third-order valence-electron chi connectivity index (χ3n) is 2.32. The van der Waals surface area contributed by atoms with Crippen molar-refractivity contribution < 1.29 is 0 Å². The number of benzene rings is 1. The van der Waals surface area contributed by atoms with E-state index < -0.39 is 0 Å². The summed E-state index contributed by atoms with van der Waals surface area (Å²) >= 11 is 3.61. The second-order valence-corrected chi connectivity index (χ2v) is 4.11. The van der Waals surface area contributed by atoms with Crippen LogP contribution < -0.4 is 0 Å². The minimum Gasteiger partial charge on any atom is -0.357 e. The lowest BCUT2D eigenvalue weighted by molar-refractivity contribution is 1.06. The van der Waals surface area contributed by atoms with Gasteiger partial charge < -0.3 is 4.98 Å². The number of hydrogen-bond acceptors (Lipinski definition) is 0. The molecule has 1 N–H and O–H groups in total. The van der Waals surface area contributed by atoms with Gasteiger partial charge in [0.15, 0.2) is 0 Å². The number of rotatable bonds is 1. The van der Waals surface area contributed by atoms with Gasteiger partial charge in [0.05, 0.1) is 0 Å². The van der Waals surface area contributed by atoms with Gasteiger partial charge in [-0.1, -0.05) is 18.6 Å². The molecule has 0 unspecified atom stereocenters. The Morgan fingerprint density at radius 1 is 1.38 bits per heavy atom. The summed E-state index contributed by atoms with van der Waals surface area (Å²) < 4.78 is 1.22. The molecule has 0 amide bonds. The molecule has 0 spiro atoms. The van der Waals surface area contributed by atoms with Crippen LogP contribution in [0.25, 0.3) is 10.9 Å². The molecule has 2 heteroatoms. The first-order chi connectivity index (χ1) is 6.22. The minimum absolute atomic E-state index is 1.04. The standard InChI is InChI=1S/C11H12BrN/c1-3-9-11(12)8-6-7(2)4-5-10(8)13-9/h4-6,13H,3H2,1-2H3. The fraction of sp³-hybridized carbons (Fsp3) is 0.273. The molecule has 0 radical (unpaired) electrons. The van der Waals surface area contributed by atoms with Gasteiger partial charge >= 0.3 is 0 Å². The average Bonchev–Trinajstić information content (AvgIpc) is 2.44. The van der Waals surface area contributed by atoms with Crippen LogP contribution in [0.5, 0.6) is 0 Å². The van der Waals surface area contributed by atoms with Crippen LogP contribution in [0, 0.1) is 6.92 Å². The Labute approximate surface area is 86.3 Å². The third-order valence-corrected chi connectivity index (χ3v) is 3.22. The number of aromatic amines is 1. The Hall–Kier alpha value is -0.760. The molecule has 0 bridgehead atoms. The predicted octanol–water partition coefficient (Wildman–Crippen LogP) is 3.80. The van der Waals surface area contributed by atoms with Gasteiger partial charge in [-0.15, -0.1) is 0 Å². The molecule has 1 heterocycles. The molecular weight excluding hydrogens is 226 g/mol. The van der Waals surface area contributed by atoms with E-state index in [1.165, 1.54) is 26.6 Å². The lowest BCUT2D eigenvalue weighted by Crippen LogP contribution is -1.77. The van der Waals surface area contributed by atoms with E-state index in [2.05, 4.69) is 53.0 Å². The fourth-order valence-corrected chi connectivity index (χ4v) is 2.28. The molecule has 2 aromatic rings. The first-order valence-corrected chi connectivity index (χ1v) is 5.28. The topological polar surface area (TPSA) is 15.8 Å². The summed E-state index contributed by atoms with van der Waals surface area (Å²) in [5, 5.41) is 1.29. The Morgan fingerprint density at radius 2 is 2.15 bits per heavy atom. The normalized spacial score (nSPS) is 11.0. The van der Waals surface area contributed by atoms with E-state index >= 15 is 0 Å². The van der Waals surface area contributed by atoms with Gasteiger partial charge in [-0.2, -0.15) is 0 Å². The number of H-pyrrole nitrogens is 1. The first kappa shape index (κ1) is 8.82. The number of halogens is 1. The van der Waals surface area contributed by atoms with E-state index in [9.17, 15) is 0 Å². The van der Waals surface area contributed by atoms with Crippen molar-refractivity contribution >= 4 is 26.8 Å². The van der Waals surface area contributed by atoms with Crippen molar-refractivity contribution in [3.63, 3.8) is 0 Å². The lowest BCUT2D eigenvalue weighted by Gasteiger charge is -1.92. The molecular formula is C11H12BrN. The van der Waals surface area contributed by atoms with E-state index in [0.29, 0.717) is 0 Å². The van der Waals surface area contributed by atoms with Gasteiger partial charge in [0, 0.05) is 21.1 Å². The van der Waals surface area contributed by atoms with Crippen LogP contribution in [0.2, 0.25) is 0 Å². The molecule has 0 aliphatic rings. The van der Waals surface area contributed by atoms with Crippen molar-refractivity contribution in [2.45, 2.75) is 20.3 Å². The Balaban J connectivity index is 2.77. The highest BCUT2D eigenvalue weighted by Gasteiger charge is 2.06. The highest BCUT2D eigenvalue weighted by Crippen LogP contribution is 2.28. The summed E-state index contributed by atoms with van der Waals surface area (Å²) in [4.78, 5) is 3.39. The van der Waals surface area contributed by atoms with Crippen molar-refractivity contribution in [2.24, 2.45) is 0 Å². The van der Waals surface area contributed by atoms with Gasteiger partial charge in [-0.25, -0.2) is 0 Å². The quantitative estimate of drug-likeness (QED) is 0.777. The number of nitrogens with one attached hydrogen (secondary N) is 1. The molecule has 0 aliphatic heterocycles. The van der Waals surface area contributed by atoms with Gasteiger partial charge in [0.1, 0.15) is 0 Å². The number of hydrogen-bond donors (Lipinski definition) is 1. The van der Waals surface area contributed by atoms with Gasteiger partial charge in [0.25, 0.3) is 0 Å². The zero-order chi connectivity index (χ0) is 9.42. The molecule has 1 aromatic heterocycles. The summed E-state index contributed by atoms with van der Waals surface area (Å²) in [6.07, 6.45) is 1.04. The summed E-state index contributed by atoms with van der Waals surface area (Å²) in [7, 11) is 0. The van der Waals surface area contributed by atoms with Gasteiger partial charge in [-0.3, -0.25) is 0 Å². The number of fused-ring (bicyclic) bond motifs is 1. The van der Waals surface area contributed by atoms with Crippen molar-refractivity contribution in [3.05, 3.63) is 33.9 Å². The molecule has 0 saturated heterocycles. The molecule has 0 saturated carbocycles. The highest BCUT2D eigenvalue weighted by molar-refractivity contribution is 9.10. The molecule has 0 atom stereocenters. The zero-order valence-corrected chi connectivity index (χ0v) is 9.40. The molecule has 1 nitrogen and oxygen atoms in total. The van der Waals surface area contributed by atoms with Crippen LogP contribution in [0.15, 0.2) is 22.7 Å². The lowest BCUT2D eigenvalue weighted by atomic mass is 10.2. The van der Waals surface area contributed by atoms with Crippen molar-refractivity contribution in [3.8, 4) is 0 Å². The summed E-state index contributed by atoms with van der Waals surface area (Å²) in [5.74, 6) is 0. The smallest absolute Gasteiger partial charge is 0.0468 e. The Bertz CT molecular complexity index is 443. The van der Waals surface area contributed by atoms with Crippen molar-refractivity contribution in [1.29, 1.82) is 0 Å². The molecule has 68 valence electrons. The Morgan fingerprint density at radius 3 is 2.85 bits per heavy atom.